The van der Waals surface area contributed by atoms with E-state index in [2.05, 4.69) is 17.2 Å². The molecule has 1 atom stereocenters. The average molecular weight is 260 g/mol. The van der Waals surface area contributed by atoms with Crippen LogP contribution in [0.4, 0.5) is 0 Å². The molecule has 2 aromatic rings. The van der Waals surface area contributed by atoms with Gasteiger partial charge in [-0.3, -0.25) is 4.98 Å². The van der Waals surface area contributed by atoms with Crippen LogP contribution in [0.2, 0.25) is 0 Å². The van der Waals surface area contributed by atoms with Gasteiger partial charge in [0, 0.05) is 18.1 Å². The summed E-state index contributed by atoms with van der Waals surface area (Å²) in [6.07, 6.45) is 2.29. The fraction of sp³-hybridized carbons (Fsp3) is 0.400. The van der Waals surface area contributed by atoms with Crippen LogP contribution in [-0.2, 0) is 0 Å². The van der Waals surface area contributed by atoms with Crippen LogP contribution < -0.4 is 10.1 Å². The summed E-state index contributed by atoms with van der Waals surface area (Å²) in [6.45, 7) is 3.82. The highest BCUT2D eigenvalue weighted by molar-refractivity contribution is 5.84. The van der Waals surface area contributed by atoms with Gasteiger partial charge in [0.2, 0.25) is 0 Å². The van der Waals surface area contributed by atoms with Crippen molar-refractivity contribution in [2.75, 3.05) is 19.7 Å². The Morgan fingerprint density at radius 1 is 1.32 bits per heavy atom. The zero-order chi connectivity index (χ0) is 13.5. The molecule has 0 aliphatic heterocycles. The summed E-state index contributed by atoms with van der Waals surface area (Å²) in [4.78, 5) is 4.31. The first-order valence-electron chi connectivity index (χ1n) is 6.66. The van der Waals surface area contributed by atoms with Crippen LogP contribution in [0.1, 0.15) is 13.3 Å². The Morgan fingerprint density at radius 2 is 2.16 bits per heavy atom. The second-order valence-electron chi connectivity index (χ2n) is 4.50. The number of hydrogen-bond donors (Lipinski definition) is 2. The lowest BCUT2D eigenvalue weighted by Crippen LogP contribution is -2.31. The maximum atomic E-state index is 9.80. The molecule has 1 heterocycles. The topological polar surface area (TPSA) is 54.4 Å². The van der Waals surface area contributed by atoms with E-state index in [4.69, 9.17) is 4.74 Å². The molecule has 0 aliphatic carbocycles. The highest BCUT2D eigenvalue weighted by Gasteiger charge is 2.07. The van der Waals surface area contributed by atoms with Crippen molar-refractivity contribution < 1.29 is 9.84 Å². The minimum absolute atomic E-state index is 0.270. The first kappa shape index (κ1) is 13.8. The lowest BCUT2D eigenvalue weighted by Gasteiger charge is -2.13. The van der Waals surface area contributed by atoms with Gasteiger partial charge in [-0.15, -0.1) is 0 Å². The van der Waals surface area contributed by atoms with E-state index in [9.17, 15) is 5.11 Å². The smallest absolute Gasteiger partial charge is 0.145 e. The van der Waals surface area contributed by atoms with Crippen molar-refractivity contribution in [1.29, 1.82) is 0 Å². The average Bonchev–Trinajstić information content (AvgIpc) is 2.45. The number of rotatable bonds is 7. The van der Waals surface area contributed by atoms with E-state index in [0.29, 0.717) is 12.3 Å². The molecule has 1 aromatic heterocycles. The predicted octanol–water partition coefficient (Wildman–Crippen LogP) is 1.97. The third-order valence-electron chi connectivity index (χ3n) is 2.83. The van der Waals surface area contributed by atoms with Gasteiger partial charge in [-0.05, 0) is 25.1 Å². The number of aliphatic hydroxyl groups is 1. The van der Waals surface area contributed by atoms with Gasteiger partial charge in [-0.25, -0.2) is 0 Å². The molecule has 0 saturated carbocycles. The molecule has 1 unspecified atom stereocenters. The molecule has 0 radical (unpaired) electrons. The van der Waals surface area contributed by atoms with E-state index >= 15 is 0 Å². The van der Waals surface area contributed by atoms with Crippen LogP contribution in [-0.4, -0.2) is 35.9 Å². The fourth-order valence-corrected chi connectivity index (χ4v) is 1.88. The minimum Gasteiger partial charge on any atom is -0.489 e. The largest absolute Gasteiger partial charge is 0.489 e. The Morgan fingerprint density at radius 3 is 3.00 bits per heavy atom. The number of fused-ring (bicyclic) bond motifs is 1. The van der Waals surface area contributed by atoms with Gasteiger partial charge < -0.3 is 15.2 Å². The van der Waals surface area contributed by atoms with Crippen LogP contribution in [0.3, 0.4) is 0 Å². The Labute approximate surface area is 113 Å². The van der Waals surface area contributed by atoms with Crippen LogP contribution >= 0.6 is 0 Å². The summed E-state index contributed by atoms with van der Waals surface area (Å²) in [7, 11) is 0. The van der Waals surface area contributed by atoms with Crippen LogP contribution in [0.5, 0.6) is 5.75 Å². The third-order valence-corrected chi connectivity index (χ3v) is 2.83. The summed E-state index contributed by atoms with van der Waals surface area (Å²) in [5.41, 5.74) is 0.832. The summed E-state index contributed by atoms with van der Waals surface area (Å²) >= 11 is 0. The lowest BCUT2D eigenvalue weighted by molar-refractivity contribution is 0.107. The van der Waals surface area contributed by atoms with E-state index in [1.807, 2.05) is 30.3 Å². The summed E-state index contributed by atoms with van der Waals surface area (Å²) in [5.74, 6) is 0.715. The number of nitrogens with zero attached hydrogens (tertiary/aromatic N) is 1. The van der Waals surface area contributed by atoms with Gasteiger partial charge in [0.25, 0.3) is 0 Å². The Balaban J connectivity index is 1.94. The Hall–Kier alpha value is -1.65. The summed E-state index contributed by atoms with van der Waals surface area (Å²) < 4.78 is 5.66. The quantitative estimate of drug-likeness (QED) is 0.747. The first-order valence-corrected chi connectivity index (χ1v) is 6.66. The molecule has 0 amide bonds. The Bertz CT molecular complexity index is 511. The maximum Gasteiger partial charge on any atom is 0.145 e. The normalized spacial score (nSPS) is 12.5. The molecule has 2 rings (SSSR count). The molecule has 0 bridgehead atoms. The van der Waals surface area contributed by atoms with Crippen molar-refractivity contribution in [2.24, 2.45) is 0 Å². The number of benzene rings is 1. The highest BCUT2D eigenvalue weighted by Crippen LogP contribution is 2.22. The molecule has 2 N–H and O–H groups in total. The first-order chi connectivity index (χ1) is 9.31. The molecule has 4 nitrogen and oxygen atoms in total. The van der Waals surface area contributed by atoms with Gasteiger partial charge >= 0.3 is 0 Å². The van der Waals surface area contributed by atoms with Crippen LogP contribution in [0.25, 0.3) is 10.9 Å². The zero-order valence-corrected chi connectivity index (χ0v) is 11.2. The number of para-hydroxylation sites is 1. The van der Waals surface area contributed by atoms with Gasteiger partial charge in [0.15, 0.2) is 0 Å². The van der Waals surface area contributed by atoms with Crippen molar-refractivity contribution in [3.8, 4) is 5.75 Å². The number of hydrogen-bond acceptors (Lipinski definition) is 4. The number of aromatic nitrogens is 1. The summed E-state index contributed by atoms with van der Waals surface area (Å²) in [6, 6.07) is 9.70. The minimum atomic E-state index is -0.509. The second-order valence-corrected chi connectivity index (χ2v) is 4.50. The number of ether oxygens (including phenoxy) is 1. The molecule has 4 heteroatoms. The third kappa shape index (κ3) is 3.91. The molecule has 102 valence electrons. The van der Waals surface area contributed by atoms with Gasteiger partial charge in [0.1, 0.15) is 24.0 Å². The van der Waals surface area contributed by atoms with Crippen LogP contribution in [0.15, 0.2) is 36.5 Å². The summed E-state index contributed by atoms with van der Waals surface area (Å²) in [5, 5.41) is 14.0. The zero-order valence-electron chi connectivity index (χ0n) is 11.2. The predicted molar refractivity (Wildman–Crippen MR) is 76.4 cm³/mol. The van der Waals surface area contributed by atoms with Crippen molar-refractivity contribution in [2.45, 2.75) is 19.4 Å². The molecular weight excluding hydrogens is 240 g/mol. The van der Waals surface area contributed by atoms with Crippen molar-refractivity contribution in [1.82, 2.24) is 10.3 Å². The molecular formula is C15H20N2O2. The van der Waals surface area contributed by atoms with Crippen molar-refractivity contribution in [3.05, 3.63) is 36.5 Å². The van der Waals surface area contributed by atoms with Crippen LogP contribution in [0, 0.1) is 0 Å². The van der Waals surface area contributed by atoms with E-state index in [1.165, 1.54) is 0 Å². The van der Waals surface area contributed by atoms with E-state index < -0.39 is 6.10 Å². The van der Waals surface area contributed by atoms with Crippen molar-refractivity contribution in [3.63, 3.8) is 0 Å². The second kappa shape index (κ2) is 7.07. The number of pyridine rings is 1. The molecule has 0 fully saturated rings. The SMILES string of the molecule is CCCNCC(O)COc1cccc2cccnc12. The fourth-order valence-electron chi connectivity index (χ4n) is 1.88. The van der Waals surface area contributed by atoms with E-state index in [0.717, 1.165) is 23.9 Å². The van der Waals surface area contributed by atoms with Gasteiger partial charge in [0.05, 0.1) is 0 Å². The lowest BCUT2D eigenvalue weighted by atomic mass is 10.2. The standard InChI is InChI=1S/C15H20N2O2/c1-2-8-16-10-13(18)11-19-14-7-3-5-12-6-4-9-17-15(12)14/h3-7,9,13,16,18H,2,8,10-11H2,1H3. The number of nitrogens with one attached hydrogen (secondary N) is 1. The van der Waals surface area contributed by atoms with Gasteiger partial charge in [-0.2, -0.15) is 0 Å². The molecule has 0 spiro atoms. The number of aliphatic hydroxyl groups excluding tert-OH is 1. The van der Waals surface area contributed by atoms with Crippen molar-refractivity contribution >= 4 is 10.9 Å². The maximum absolute atomic E-state index is 9.80. The molecule has 0 aliphatic rings. The van der Waals surface area contributed by atoms with Gasteiger partial charge in [-0.1, -0.05) is 25.1 Å². The van der Waals surface area contributed by atoms with E-state index in [-0.39, 0.29) is 6.61 Å². The Kier molecular flexibility index (Phi) is 5.12. The molecule has 0 saturated heterocycles. The van der Waals surface area contributed by atoms with E-state index in [1.54, 1.807) is 6.20 Å². The molecule has 1 aromatic carbocycles. The molecule has 19 heavy (non-hydrogen) atoms. The highest BCUT2D eigenvalue weighted by atomic mass is 16.5. The monoisotopic (exact) mass is 260 g/mol.